The molecule has 0 fully saturated rings. The highest BCUT2D eigenvalue weighted by Gasteiger charge is 2.12. The van der Waals surface area contributed by atoms with Crippen LogP contribution >= 0.6 is 0 Å². The van der Waals surface area contributed by atoms with Crippen LogP contribution in [0, 0.1) is 0 Å². The molecule has 23 heavy (non-hydrogen) atoms. The van der Waals surface area contributed by atoms with Crippen LogP contribution in [-0.2, 0) is 11.3 Å². The van der Waals surface area contributed by atoms with Gasteiger partial charge in [-0.05, 0) is 30.7 Å². The third-order valence-electron chi connectivity index (χ3n) is 3.48. The molecule has 0 saturated carbocycles. The number of carbonyl (C=O) groups is 1. The Kier molecular flexibility index (Phi) is 4.09. The van der Waals surface area contributed by atoms with Gasteiger partial charge in [-0.25, -0.2) is 4.68 Å². The van der Waals surface area contributed by atoms with Gasteiger partial charge in [-0.2, -0.15) is 0 Å². The summed E-state index contributed by atoms with van der Waals surface area (Å²) in [5.74, 6) is -0.312. The summed E-state index contributed by atoms with van der Waals surface area (Å²) in [5, 5.41) is 11.0. The second-order valence-electron chi connectivity index (χ2n) is 5.14. The van der Waals surface area contributed by atoms with Gasteiger partial charge in [-0.3, -0.25) is 14.6 Å². The molecule has 1 unspecified atom stereocenters. The average Bonchev–Trinajstić information content (AvgIpc) is 2.58. The Morgan fingerprint density at radius 1 is 1.26 bits per heavy atom. The number of fused-ring (bicyclic) bond motifs is 1. The second kappa shape index (κ2) is 6.35. The van der Waals surface area contributed by atoms with Crippen LogP contribution in [0.2, 0.25) is 0 Å². The number of pyridine rings is 1. The number of benzene rings is 1. The normalized spacial score (nSPS) is 12.0. The summed E-state index contributed by atoms with van der Waals surface area (Å²) in [5.41, 5.74) is 1.07. The van der Waals surface area contributed by atoms with Gasteiger partial charge < -0.3 is 5.32 Å². The molecule has 7 heteroatoms. The number of nitrogens with zero attached hydrogens (tertiary/aromatic N) is 4. The van der Waals surface area contributed by atoms with Crippen LogP contribution in [0.1, 0.15) is 18.5 Å². The Labute approximate surface area is 132 Å². The lowest BCUT2D eigenvalue weighted by atomic mass is 10.1. The van der Waals surface area contributed by atoms with Crippen LogP contribution < -0.4 is 10.9 Å². The molecule has 3 rings (SSSR count). The summed E-state index contributed by atoms with van der Waals surface area (Å²) in [6, 6.07) is 10.4. The molecule has 7 nitrogen and oxygen atoms in total. The van der Waals surface area contributed by atoms with Gasteiger partial charge in [0.1, 0.15) is 12.1 Å². The largest absolute Gasteiger partial charge is 0.348 e. The molecule has 2 heterocycles. The van der Waals surface area contributed by atoms with E-state index in [1.165, 1.54) is 0 Å². The van der Waals surface area contributed by atoms with Crippen molar-refractivity contribution >= 4 is 16.8 Å². The van der Waals surface area contributed by atoms with Crippen molar-refractivity contribution in [2.75, 3.05) is 0 Å². The van der Waals surface area contributed by atoms with E-state index in [0.29, 0.717) is 10.9 Å². The van der Waals surface area contributed by atoms with Gasteiger partial charge in [-0.1, -0.05) is 23.4 Å². The SMILES string of the molecule is CC(NC(=O)Cn1nnc2ccccc2c1=O)c1cccnc1. The minimum absolute atomic E-state index is 0.179. The van der Waals surface area contributed by atoms with Crippen molar-refractivity contribution in [2.45, 2.75) is 19.5 Å². The molecular weight excluding hydrogens is 294 g/mol. The van der Waals surface area contributed by atoms with Gasteiger partial charge in [0.05, 0.1) is 11.4 Å². The maximum atomic E-state index is 12.3. The highest BCUT2D eigenvalue weighted by molar-refractivity contribution is 5.78. The molecule has 1 N–H and O–H groups in total. The third kappa shape index (κ3) is 3.23. The molecule has 0 spiro atoms. The van der Waals surface area contributed by atoms with Crippen LogP contribution in [-0.4, -0.2) is 25.9 Å². The fourth-order valence-corrected chi connectivity index (χ4v) is 2.27. The summed E-state index contributed by atoms with van der Waals surface area (Å²) in [7, 11) is 0. The Morgan fingerprint density at radius 2 is 2.09 bits per heavy atom. The van der Waals surface area contributed by atoms with Gasteiger partial charge in [0.25, 0.3) is 5.56 Å². The summed E-state index contributed by atoms with van der Waals surface area (Å²) in [4.78, 5) is 28.4. The number of nitrogens with one attached hydrogen (secondary N) is 1. The van der Waals surface area contributed by atoms with E-state index in [1.807, 2.05) is 13.0 Å². The van der Waals surface area contributed by atoms with E-state index in [0.717, 1.165) is 10.2 Å². The van der Waals surface area contributed by atoms with Crippen LogP contribution in [0.4, 0.5) is 0 Å². The van der Waals surface area contributed by atoms with E-state index in [-0.39, 0.29) is 24.1 Å². The Balaban J connectivity index is 1.76. The van der Waals surface area contributed by atoms with Crippen molar-refractivity contribution in [1.82, 2.24) is 25.3 Å². The quantitative estimate of drug-likeness (QED) is 0.778. The molecule has 0 aliphatic carbocycles. The number of hydrogen-bond acceptors (Lipinski definition) is 5. The fraction of sp³-hybridized carbons (Fsp3) is 0.188. The van der Waals surface area contributed by atoms with Crippen molar-refractivity contribution < 1.29 is 4.79 Å². The summed E-state index contributed by atoms with van der Waals surface area (Å²) in [6.07, 6.45) is 3.36. The van der Waals surface area contributed by atoms with E-state index < -0.39 is 0 Å². The molecule has 0 aliphatic rings. The standard InChI is InChI=1S/C16H15N5O2/c1-11(12-5-4-8-17-9-12)18-15(22)10-21-16(23)13-6-2-3-7-14(13)19-20-21/h2-9,11H,10H2,1H3,(H,18,22). The average molecular weight is 309 g/mol. The number of rotatable bonds is 4. The highest BCUT2D eigenvalue weighted by Crippen LogP contribution is 2.09. The second-order valence-corrected chi connectivity index (χ2v) is 5.14. The van der Waals surface area contributed by atoms with Crippen molar-refractivity contribution in [3.05, 3.63) is 64.7 Å². The first-order valence-corrected chi connectivity index (χ1v) is 7.17. The zero-order valence-electron chi connectivity index (χ0n) is 12.5. The molecule has 116 valence electrons. The molecule has 0 aliphatic heterocycles. The number of hydrogen-bond donors (Lipinski definition) is 1. The maximum absolute atomic E-state index is 12.3. The van der Waals surface area contributed by atoms with Crippen molar-refractivity contribution in [3.63, 3.8) is 0 Å². The van der Waals surface area contributed by atoms with Crippen molar-refractivity contribution in [2.24, 2.45) is 0 Å². The summed E-state index contributed by atoms with van der Waals surface area (Å²) in [6.45, 7) is 1.67. The number of amides is 1. The minimum Gasteiger partial charge on any atom is -0.348 e. The fourth-order valence-electron chi connectivity index (χ4n) is 2.27. The number of carbonyl (C=O) groups excluding carboxylic acids is 1. The smallest absolute Gasteiger partial charge is 0.278 e. The number of aromatic nitrogens is 4. The first-order chi connectivity index (χ1) is 11.1. The zero-order valence-corrected chi connectivity index (χ0v) is 12.5. The van der Waals surface area contributed by atoms with E-state index in [1.54, 1.807) is 42.7 Å². The molecule has 1 atom stereocenters. The summed E-state index contributed by atoms with van der Waals surface area (Å²) >= 11 is 0. The van der Waals surface area contributed by atoms with Gasteiger partial charge in [0.15, 0.2) is 0 Å². The van der Waals surface area contributed by atoms with Crippen LogP contribution in [0.5, 0.6) is 0 Å². The molecule has 0 radical (unpaired) electrons. The predicted molar refractivity (Wildman–Crippen MR) is 84.6 cm³/mol. The Hall–Kier alpha value is -3.09. The summed E-state index contributed by atoms with van der Waals surface area (Å²) < 4.78 is 1.06. The predicted octanol–water partition coefficient (Wildman–Crippen LogP) is 1.06. The molecule has 0 bridgehead atoms. The first-order valence-electron chi connectivity index (χ1n) is 7.17. The highest BCUT2D eigenvalue weighted by atomic mass is 16.2. The van der Waals surface area contributed by atoms with Gasteiger partial charge in [0, 0.05) is 12.4 Å². The lowest BCUT2D eigenvalue weighted by Gasteiger charge is -2.14. The van der Waals surface area contributed by atoms with E-state index in [4.69, 9.17) is 0 Å². The monoisotopic (exact) mass is 309 g/mol. The minimum atomic E-state index is -0.334. The van der Waals surface area contributed by atoms with Crippen LogP contribution in [0.15, 0.2) is 53.6 Å². The lowest BCUT2D eigenvalue weighted by Crippen LogP contribution is -2.35. The van der Waals surface area contributed by atoms with Crippen molar-refractivity contribution in [1.29, 1.82) is 0 Å². The maximum Gasteiger partial charge on any atom is 0.278 e. The lowest BCUT2D eigenvalue weighted by molar-refractivity contribution is -0.122. The van der Waals surface area contributed by atoms with Crippen LogP contribution in [0.25, 0.3) is 10.9 Å². The molecular formula is C16H15N5O2. The molecule has 1 amide bonds. The van der Waals surface area contributed by atoms with Gasteiger partial charge in [0.2, 0.25) is 5.91 Å². The Morgan fingerprint density at radius 3 is 2.87 bits per heavy atom. The third-order valence-corrected chi connectivity index (χ3v) is 3.48. The van der Waals surface area contributed by atoms with Crippen molar-refractivity contribution in [3.8, 4) is 0 Å². The zero-order chi connectivity index (χ0) is 16.2. The van der Waals surface area contributed by atoms with Gasteiger partial charge >= 0.3 is 0 Å². The molecule has 3 aromatic rings. The molecule has 1 aromatic carbocycles. The van der Waals surface area contributed by atoms with E-state index >= 15 is 0 Å². The Bertz CT molecular complexity index is 892. The topological polar surface area (TPSA) is 89.8 Å². The van der Waals surface area contributed by atoms with Gasteiger partial charge in [-0.15, -0.1) is 5.10 Å². The molecule has 2 aromatic heterocycles. The molecule has 0 saturated heterocycles. The van der Waals surface area contributed by atoms with E-state index in [9.17, 15) is 9.59 Å². The first kappa shape index (κ1) is 14.8. The van der Waals surface area contributed by atoms with Crippen LogP contribution in [0.3, 0.4) is 0 Å². The van der Waals surface area contributed by atoms with E-state index in [2.05, 4.69) is 20.6 Å².